The number of rotatable bonds is 6. The van der Waals surface area contributed by atoms with Crippen LogP contribution >= 0.6 is 11.3 Å². The number of carbonyl (C=O) groups is 1. The van der Waals surface area contributed by atoms with Crippen LogP contribution in [0.5, 0.6) is 5.75 Å². The predicted octanol–water partition coefficient (Wildman–Crippen LogP) is 3.13. The molecule has 10 heteroatoms. The Hall–Kier alpha value is -2.56. The first-order valence-corrected chi connectivity index (χ1v) is 12.0. The quantitative estimate of drug-likeness (QED) is 0.624. The molecule has 3 aromatic rings. The van der Waals surface area contributed by atoms with Gasteiger partial charge in [-0.1, -0.05) is 11.3 Å². The van der Waals surface area contributed by atoms with Crippen molar-refractivity contribution in [2.24, 2.45) is 5.92 Å². The third-order valence-corrected chi connectivity index (χ3v) is 7.81. The zero-order chi connectivity index (χ0) is 21.1. The zero-order valence-electron chi connectivity index (χ0n) is 16.4. The van der Waals surface area contributed by atoms with Crippen molar-refractivity contribution in [1.29, 1.82) is 0 Å². The van der Waals surface area contributed by atoms with Crippen molar-refractivity contribution in [3.05, 3.63) is 42.7 Å². The molecule has 0 saturated carbocycles. The molecular weight excluding hydrogens is 424 g/mol. The number of hydrogen-bond acceptors (Lipinski definition) is 7. The van der Waals surface area contributed by atoms with Gasteiger partial charge < -0.3 is 10.1 Å². The van der Waals surface area contributed by atoms with Crippen LogP contribution in [0.4, 0.5) is 5.13 Å². The Morgan fingerprint density at radius 2 is 2.10 bits per heavy atom. The van der Waals surface area contributed by atoms with Gasteiger partial charge >= 0.3 is 0 Å². The lowest BCUT2D eigenvalue weighted by Crippen LogP contribution is -2.41. The molecule has 1 aliphatic rings. The summed E-state index contributed by atoms with van der Waals surface area (Å²) in [6.45, 7) is 3.11. The minimum Gasteiger partial charge on any atom is -0.494 e. The van der Waals surface area contributed by atoms with Gasteiger partial charge in [-0.3, -0.25) is 9.78 Å². The minimum absolute atomic E-state index is 0.127. The highest BCUT2D eigenvalue weighted by Crippen LogP contribution is 2.30. The Bertz CT molecular complexity index is 1140. The lowest BCUT2D eigenvalue weighted by Gasteiger charge is -2.30. The lowest BCUT2D eigenvalue weighted by atomic mass is 9.97. The van der Waals surface area contributed by atoms with Crippen molar-refractivity contribution in [2.45, 2.75) is 24.7 Å². The maximum atomic E-state index is 12.7. The molecule has 158 valence electrons. The Balaban J connectivity index is 1.38. The molecule has 0 bridgehead atoms. The SMILES string of the molecule is CCOc1ccc2nc(NC(=O)C3CCN(S(=O)(=O)c4cccnc4)CC3)sc2c1. The van der Waals surface area contributed by atoms with E-state index >= 15 is 0 Å². The van der Waals surface area contributed by atoms with E-state index in [2.05, 4.69) is 15.3 Å². The monoisotopic (exact) mass is 446 g/mol. The van der Waals surface area contributed by atoms with Gasteiger partial charge in [0.1, 0.15) is 10.6 Å². The number of benzene rings is 1. The second-order valence-electron chi connectivity index (χ2n) is 6.94. The van der Waals surface area contributed by atoms with Crippen molar-refractivity contribution in [2.75, 3.05) is 25.0 Å². The summed E-state index contributed by atoms with van der Waals surface area (Å²) in [5.74, 6) is 0.391. The van der Waals surface area contributed by atoms with Crippen LogP contribution < -0.4 is 10.1 Å². The predicted molar refractivity (Wildman–Crippen MR) is 115 cm³/mol. The summed E-state index contributed by atoms with van der Waals surface area (Å²) >= 11 is 1.40. The van der Waals surface area contributed by atoms with Crippen LogP contribution in [0.1, 0.15) is 19.8 Å². The maximum absolute atomic E-state index is 12.7. The summed E-state index contributed by atoms with van der Waals surface area (Å²) in [5.41, 5.74) is 0.802. The van der Waals surface area contributed by atoms with Gasteiger partial charge in [0.25, 0.3) is 0 Å². The number of piperidine rings is 1. The molecular formula is C20H22N4O4S2. The number of nitrogens with one attached hydrogen (secondary N) is 1. The Labute approximate surface area is 179 Å². The van der Waals surface area contributed by atoms with Crippen molar-refractivity contribution in [3.8, 4) is 5.75 Å². The smallest absolute Gasteiger partial charge is 0.244 e. The number of carbonyl (C=O) groups excluding carboxylic acids is 1. The molecule has 2 aromatic heterocycles. The molecule has 1 saturated heterocycles. The van der Waals surface area contributed by atoms with E-state index in [0.29, 0.717) is 37.7 Å². The largest absolute Gasteiger partial charge is 0.494 e. The first-order valence-electron chi connectivity index (χ1n) is 9.72. The van der Waals surface area contributed by atoms with Gasteiger partial charge in [0.2, 0.25) is 15.9 Å². The standard InChI is InChI=1S/C20H22N4O4S2/c1-2-28-15-5-6-17-18(12-15)29-20(22-17)23-19(25)14-7-10-24(11-8-14)30(26,27)16-4-3-9-21-13-16/h3-6,9,12-14H,2,7-8,10-11H2,1H3,(H,22,23,25). The van der Waals surface area contributed by atoms with Crippen LogP contribution in [0.3, 0.4) is 0 Å². The number of nitrogens with zero attached hydrogens (tertiary/aromatic N) is 3. The lowest BCUT2D eigenvalue weighted by molar-refractivity contribution is -0.120. The zero-order valence-corrected chi connectivity index (χ0v) is 18.1. The number of pyridine rings is 1. The molecule has 0 atom stereocenters. The van der Waals surface area contributed by atoms with Gasteiger partial charge in [-0.2, -0.15) is 4.31 Å². The van der Waals surface area contributed by atoms with Crippen LogP contribution in [0.15, 0.2) is 47.6 Å². The van der Waals surface area contributed by atoms with Crippen molar-refractivity contribution in [1.82, 2.24) is 14.3 Å². The first kappa shape index (κ1) is 20.7. The van der Waals surface area contributed by atoms with Crippen LogP contribution in [-0.2, 0) is 14.8 Å². The molecule has 1 amide bonds. The van der Waals surface area contributed by atoms with E-state index in [1.54, 1.807) is 6.07 Å². The van der Waals surface area contributed by atoms with Crippen molar-refractivity contribution >= 4 is 42.6 Å². The number of fused-ring (bicyclic) bond motifs is 1. The number of anilines is 1. The van der Waals surface area contributed by atoms with Crippen LogP contribution in [0.2, 0.25) is 0 Å². The van der Waals surface area contributed by atoms with E-state index in [1.165, 1.54) is 34.1 Å². The molecule has 1 aromatic carbocycles. The first-order chi connectivity index (χ1) is 14.5. The number of ether oxygens (including phenoxy) is 1. The molecule has 1 fully saturated rings. The summed E-state index contributed by atoms with van der Waals surface area (Å²) in [5, 5.41) is 3.42. The Morgan fingerprint density at radius 3 is 2.80 bits per heavy atom. The fourth-order valence-corrected chi connectivity index (χ4v) is 5.76. The third-order valence-electron chi connectivity index (χ3n) is 5.00. The number of hydrogen-bond donors (Lipinski definition) is 1. The van der Waals surface area contributed by atoms with Gasteiger partial charge in [-0.15, -0.1) is 0 Å². The topological polar surface area (TPSA) is 101 Å². The number of sulfonamides is 1. The van der Waals surface area contributed by atoms with E-state index in [1.807, 2.05) is 25.1 Å². The summed E-state index contributed by atoms with van der Waals surface area (Å²) in [7, 11) is -3.58. The van der Waals surface area contributed by atoms with Gasteiger partial charge in [0.05, 0.1) is 16.8 Å². The van der Waals surface area contributed by atoms with E-state index < -0.39 is 10.0 Å². The van der Waals surface area contributed by atoms with E-state index in [4.69, 9.17) is 4.74 Å². The highest BCUT2D eigenvalue weighted by atomic mass is 32.2. The minimum atomic E-state index is -3.58. The highest BCUT2D eigenvalue weighted by molar-refractivity contribution is 7.89. The van der Waals surface area contributed by atoms with Gasteiger partial charge in [-0.05, 0) is 50.1 Å². The average molecular weight is 447 g/mol. The highest BCUT2D eigenvalue weighted by Gasteiger charge is 2.32. The third kappa shape index (κ3) is 4.30. The molecule has 0 spiro atoms. The summed E-state index contributed by atoms with van der Waals surface area (Å²) in [6.07, 6.45) is 3.81. The Kier molecular flexibility index (Phi) is 5.98. The van der Waals surface area contributed by atoms with Crippen LogP contribution in [0, 0.1) is 5.92 Å². The number of aromatic nitrogens is 2. The molecule has 8 nitrogen and oxygen atoms in total. The molecule has 1 aliphatic heterocycles. The molecule has 0 aliphatic carbocycles. The summed E-state index contributed by atoms with van der Waals surface area (Å²) in [6, 6.07) is 8.77. The number of amides is 1. The molecule has 4 rings (SSSR count). The number of thiazole rings is 1. The molecule has 0 unspecified atom stereocenters. The molecule has 30 heavy (non-hydrogen) atoms. The average Bonchev–Trinajstić information content (AvgIpc) is 3.16. The van der Waals surface area contributed by atoms with Gasteiger partial charge in [0.15, 0.2) is 5.13 Å². The van der Waals surface area contributed by atoms with Gasteiger partial charge in [0, 0.05) is 31.4 Å². The molecule has 0 radical (unpaired) electrons. The van der Waals surface area contributed by atoms with Crippen molar-refractivity contribution in [3.63, 3.8) is 0 Å². The summed E-state index contributed by atoms with van der Waals surface area (Å²) < 4.78 is 33.2. The maximum Gasteiger partial charge on any atom is 0.244 e. The van der Waals surface area contributed by atoms with Crippen molar-refractivity contribution < 1.29 is 17.9 Å². The normalized spacial score (nSPS) is 15.9. The second kappa shape index (κ2) is 8.66. The van der Waals surface area contributed by atoms with E-state index in [0.717, 1.165) is 16.0 Å². The van der Waals surface area contributed by atoms with Gasteiger partial charge in [-0.25, -0.2) is 13.4 Å². The Morgan fingerprint density at radius 1 is 1.30 bits per heavy atom. The fourth-order valence-electron chi connectivity index (χ4n) is 3.43. The van der Waals surface area contributed by atoms with Crippen LogP contribution in [0.25, 0.3) is 10.2 Å². The van der Waals surface area contributed by atoms with Crippen LogP contribution in [-0.4, -0.2) is 48.3 Å². The molecule has 1 N–H and O–H groups in total. The fraction of sp³-hybridized carbons (Fsp3) is 0.350. The second-order valence-corrected chi connectivity index (χ2v) is 9.91. The molecule has 3 heterocycles. The van der Waals surface area contributed by atoms with E-state index in [-0.39, 0.29) is 16.7 Å². The van der Waals surface area contributed by atoms with E-state index in [9.17, 15) is 13.2 Å². The summed E-state index contributed by atoms with van der Waals surface area (Å²) in [4.78, 5) is 21.2.